The van der Waals surface area contributed by atoms with E-state index in [-0.39, 0.29) is 11.9 Å². The molecular weight excluding hydrogens is 286 g/mol. The monoisotopic (exact) mass is 305 g/mol. The second kappa shape index (κ2) is 6.93. The Labute approximate surface area is 128 Å². The van der Waals surface area contributed by atoms with E-state index in [9.17, 15) is 14.4 Å². The summed E-state index contributed by atoms with van der Waals surface area (Å²) < 4.78 is 4.62. The van der Waals surface area contributed by atoms with E-state index in [4.69, 9.17) is 0 Å². The van der Waals surface area contributed by atoms with Gasteiger partial charge in [0.05, 0.1) is 12.7 Å². The van der Waals surface area contributed by atoms with Crippen molar-refractivity contribution in [2.45, 2.75) is 6.92 Å². The zero-order valence-corrected chi connectivity index (χ0v) is 12.7. The fourth-order valence-electron chi connectivity index (χ4n) is 2.23. The van der Waals surface area contributed by atoms with Crippen LogP contribution >= 0.6 is 0 Å². The molecule has 7 nitrogen and oxygen atoms in total. The molecule has 1 fully saturated rings. The molecule has 1 aliphatic rings. The minimum absolute atomic E-state index is 0.0263. The minimum atomic E-state index is -0.418. The summed E-state index contributed by atoms with van der Waals surface area (Å²) >= 11 is 0. The smallest absolute Gasteiger partial charge is 0.337 e. The number of esters is 1. The maximum atomic E-state index is 12.1. The van der Waals surface area contributed by atoms with Crippen molar-refractivity contribution in [3.05, 3.63) is 29.8 Å². The van der Waals surface area contributed by atoms with Crippen molar-refractivity contribution >= 4 is 23.6 Å². The van der Waals surface area contributed by atoms with Crippen LogP contribution in [-0.2, 0) is 9.53 Å². The van der Waals surface area contributed by atoms with E-state index in [0.29, 0.717) is 37.4 Å². The normalized spacial score (nSPS) is 14.5. The van der Waals surface area contributed by atoms with Gasteiger partial charge < -0.3 is 19.9 Å². The number of carbonyl (C=O) groups is 3. The lowest BCUT2D eigenvalue weighted by molar-refractivity contribution is -0.130. The summed E-state index contributed by atoms with van der Waals surface area (Å²) in [5.41, 5.74) is 1.03. The average Bonchev–Trinajstić information content (AvgIpc) is 2.54. The third-order valence-electron chi connectivity index (χ3n) is 3.57. The molecule has 118 valence electrons. The molecule has 1 N–H and O–H groups in total. The first-order valence-electron chi connectivity index (χ1n) is 7.01. The van der Waals surface area contributed by atoms with Gasteiger partial charge in [0.1, 0.15) is 0 Å². The zero-order chi connectivity index (χ0) is 16.1. The highest BCUT2D eigenvalue weighted by Gasteiger charge is 2.22. The van der Waals surface area contributed by atoms with Crippen molar-refractivity contribution in [2.24, 2.45) is 0 Å². The highest BCUT2D eigenvalue weighted by molar-refractivity contribution is 5.92. The standard InChI is InChI=1S/C15H19N3O4/c1-11(19)17-7-9-18(10-8-17)15(21)16-13-5-3-12(4-6-13)14(20)22-2/h3-6H,7-10H2,1-2H3,(H,16,21). The van der Waals surface area contributed by atoms with Gasteiger partial charge in [0, 0.05) is 38.8 Å². The van der Waals surface area contributed by atoms with Gasteiger partial charge in [0.15, 0.2) is 0 Å². The highest BCUT2D eigenvalue weighted by atomic mass is 16.5. The fourth-order valence-corrected chi connectivity index (χ4v) is 2.23. The average molecular weight is 305 g/mol. The van der Waals surface area contributed by atoms with E-state index in [1.165, 1.54) is 14.0 Å². The third-order valence-corrected chi connectivity index (χ3v) is 3.57. The number of amides is 3. The van der Waals surface area contributed by atoms with Crippen LogP contribution < -0.4 is 5.32 Å². The second-order valence-corrected chi connectivity index (χ2v) is 4.99. The van der Waals surface area contributed by atoms with Crippen molar-refractivity contribution in [1.82, 2.24) is 9.80 Å². The van der Waals surface area contributed by atoms with Crippen LogP contribution in [0.2, 0.25) is 0 Å². The Hall–Kier alpha value is -2.57. The zero-order valence-electron chi connectivity index (χ0n) is 12.7. The summed E-state index contributed by atoms with van der Waals surface area (Å²) in [4.78, 5) is 38.1. The second-order valence-electron chi connectivity index (χ2n) is 4.99. The molecule has 1 aromatic rings. The van der Waals surface area contributed by atoms with Crippen LogP contribution in [0, 0.1) is 0 Å². The van der Waals surface area contributed by atoms with Crippen LogP contribution in [0.15, 0.2) is 24.3 Å². The number of ether oxygens (including phenoxy) is 1. The molecule has 0 radical (unpaired) electrons. The van der Waals surface area contributed by atoms with Crippen LogP contribution in [0.25, 0.3) is 0 Å². The van der Waals surface area contributed by atoms with Gasteiger partial charge in [-0.1, -0.05) is 0 Å². The number of nitrogens with one attached hydrogen (secondary N) is 1. The molecule has 1 aliphatic heterocycles. The molecular formula is C15H19N3O4. The predicted molar refractivity (Wildman–Crippen MR) is 80.6 cm³/mol. The largest absolute Gasteiger partial charge is 0.465 e. The van der Waals surface area contributed by atoms with E-state index in [1.54, 1.807) is 34.1 Å². The molecule has 0 bridgehead atoms. The summed E-state index contributed by atoms with van der Waals surface area (Å²) in [6, 6.07) is 6.27. The molecule has 7 heteroatoms. The number of nitrogens with zero attached hydrogens (tertiary/aromatic N) is 2. The third kappa shape index (κ3) is 3.75. The molecule has 1 heterocycles. The van der Waals surface area contributed by atoms with Crippen molar-refractivity contribution in [1.29, 1.82) is 0 Å². The van der Waals surface area contributed by atoms with Crippen LogP contribution in [0.3, 0.4) is 0 Å². The first-order chi connectivity index (χ1) is 10.5. The van der Waals surface area contributed by atoms with Gasteiger partial charge in [-0.15, -0.1) is 0 Å². The molecule has 22 heavy (non-hydrogen) atoms. The number of anilines is 1. The van der Waals surface area contributed by atoms with Gasteiger partial charge >= 0.3 is 12.0 Å². The molecule has 1 aromatic carbocycles. The molecule has 1 saturated heterocycles. The van der Waals surface area contributed by atoms with Crippen molar-refractivity contribution in [3.8, 4) is 0 Å². The highest BCUT2D eigenvalue weighted by Crippen LogP contribution is 2.12. The summed E-state index contributed by atoms with van der Waals surface area (Å²) in [5, 5.41) is 2.77. The molecule has 3 amide bonds. The van der Waals surface area contributed by atoms with Crippen LogP contribution in [0.5, 0.6) is 0 Å². The number of benzene rings is 1. The van der Waals surface area contributed by atoms with Gasteiger partial charge in [0.25, 0.3) is 0 Å². The molecule has 0 spiro atoms. The SMILES string of the molecule is COC(=O)c1ccc(NC(=O)N2CCN(C(C)=O)CC2)cc1. The van der Waals surface area contributed by atoms with Gasteiger partial charge in [-0.3, -0.25) is 4.79 Å². The number of hydrogen-bond donors (Lipinski definition) is 1. The van der Waals surface area contributed by atoms with E-state index in [1.807, 2.05) is 0 Å². The van der Waals surface area contributed by atoms with E-state index in [0.717, 1.165) is 0 Å². The number of piperazine rings is 1. The van der Waals surface area contributed by atoms with Gasteiger partial charge in [-0.2, -0.15) is 0 Å². The summed E-state index contributed by atoms with van der Waals surface area (Å²) in [5.74, 6) is -0.392. The molecule has 0 saturated carbocycles. The molecule has 0 aromatic heterocycles. The lowest BCUT2D eigenvalue weighted by atomic mass is 10.2. The Morgan fingerprint density at radius 1 is 1.00 bits per heavy atom. The summed E-state index contributed by atoms with van der Waals surface area (Å²) in [6.07, 6.45) is 0. The Kier molecular flexibility index (Phi) is 4.98. The lowest BCUT2D eigenvalue weighted by Crippen LogP contribution is -2.51. The number of rotatable bonds is 2. The molecule has 0 unspecified atom stereocenters. The fraction of sp³-hybridized carbons (Fsp3) is 0.400. The Bertz CT molecular complexity index is 563. The maximum Gasteiger partial charge on any atom is 0.337 e. The molecule has 0 atom stereocenters. The van der Waals surface area contributed by atoms with Crippen LogP contribution in [0.1, 0.15) is 17.3 Å². The van der Waals surface area contributed by atoms with Crippen molar-refractivity contribution < 1.29 is 19.1 Å². The van der Waals surface area contributed by atoms with Crippen molar-refractivity contribution in [2.75, 3.05) is 38.6 Å². The number of hydrogen-bond acceptors (Lipinski definition) is 4. The topological polar surface area (TPSA) is 79.0 Å². The van der Waals surface area contributed by atoms with Crippen LogP contribution in [0.4, 0.5) is 10.5 Å². The van der Waals surface area contributed by atoms with Gasteiger partial charge in [-0.05, 0) is 24.3 Å². The summed E-state index contributed by atoms with van der Waals surface area (Å²) in [6.45, 7) is 3.63. The van der Waals surface area contributed by atoms with Gasteiger partial charge in [0.2, 0.25) is 5.91 Å². The Morgan fingerprint density at radius 3 is 2.05 bits per heavy atom. The predicted octanol–water partition coefficient (Wildman–Crippen LogP) is 1.17. The Morgan fingerprint density at radius 2 is 1.55 bits per heavy atom. The minimum Gasteiger partial charge on any atom is -0.465 e. The van der Waals surface area contributed by atoms with Crippen molar-refractivity contribution in [3.63, 3.8) is 0 Å². The van der Waals surface area contributed by atoms with E-state index < -0.39 is 5.97 Å². The van der Waals surface area contributed by atoms with Crippen LogP contribution in [-0.4, -0.2) is 61.0 Å². The quantitative estimate of drug-likeness (QED) is 0.832. The summed E-state index contributed by atoms with van der Waals surface area (Å²) in [7, 11) is 1.32. The lowest BCUT2D eigenvalue weighted by Gasteiger charge is -2.34. The molecule has 2 rings (SSSR count). The van der Waals surface area contributed by atoms with E-state index in [2.05, 4.69) is 10.1 Å². The molecule has 0 aliphatic carbocycles. The van der Waals surface area contributed by atoms with E-state index >= 15 is 0 Å². The number of urea groups is 1. The number of methoxy groups -OCH3 is 1. The first-order valence-corrected chi connectivity index (χ1v) is 7.01. The Balaban J connectivity index is 1.90. The number of carbonyl (C=O) groups excluding carboxylic acids is 3. The first kappa shape index (κ1) is 15.8. The maximum absolute atomic E-state index is 12.1. The van der Waals surface area contributed by atoms with Gasteiger partial charge in [-0.25, -0.2) is 9.59 Å².